The number of rotatable bonds is 2. The van der Waals surface area contributed by atoms with Crippen LogP contribution in [-0.2, 0) is 6.54 Å². The van der Waals surface area contributed by atoms with E-state index in [1.165, 1.54) is 0 Å². The Morgan fingerprint density at radius 2 is 2.22 bits per heavy atom. The molecule has 1 aliphatic heterocycles. The smallest absolute Gasteiger partial charge is 0.317 e. The molecule has 1 aromatic rings. The van der Waals surface area contributed by atoms with Crippen molar-refractivity contribution in [3.8, 4) is 0 Å². The topological polar surface area (TPSA) is 45.2 Å². The zero-order chi connectivity index (χ0) is 13.0. The molecule has 1 aromatic heterocycles. The van der Waals surface area contributed by atoms with Gasteiger partial charge in [0.1, 0.15) is 0 Å². The van der Waals surface area contributed by atoms with Crippen LogP contribution in [0.4, 0.5) is 4.79 Å². The van der Waals surface area contributed by atoms with Gasteiger partial charge < -0.3 is 10.2 Å². The number of likely N-dealkylation sites (tertiary alicyclic amines) is 1. The number of hydrogen-bond acceptors (Lipinski definition) is 2. The monoisotopic (exact) mass is 247 g/mol. The van der Waals surface area contributed by atoms with Crippen LogP contribution in [0.25, 0.3) is 0 Å². The van der Waals surface area contributed by atoms with Crippen LogP contribution in [0, 0.1) is 12.8 Å². The van der Waals surface area contributed by atoms with Crippen molar-refractivity contribution in [1.82, 2.24) is 15.2 Å². The third-order valence-electron chi connectivity index (χ3n) is 3.64. The third kappa shape index (κ3) is 3.22. The van der Waals surface area contributed by atoms with Crippen molar-refractivity contribution >= 4 is 6.03 Å². The fourth-order valence-corrected chi connectivity index (χ4v) is 2.19. The zero-order valence-corrected chi connectivity index (χ0v) is 11.1. The average Bonchev–Trinajstić information content (AvgIpc) is 2.38. The first-order valence-electron chi connectivity index (χ1n) is 6.59. The highest BCUT2D eigenvalue weighted by molar-refractivity contribution is 5.74. The third-order valence-corrected chi connectivity index (χ3v) is 3.64. The van der Waals surface area contributed by atoms with Gasteiger partial charge in [0.05, 0.1) is 0 Å². The minimum atomic E-state index is 0.0538. The van der Waals surface area contributed by atoms with Gasteiger partial charge in [-0.05, 0) is 42.9 Å². The molecule has 2 amide bonds. The van der Waals surface area contributed by atoms with Crippen LogP contribution in [0.15, 0.2) is 18.5 Å². The molecule has 0 atom stereocenters. The summed E-state index contributed by atoms with van der Waals surface area (Å²) in [7, 11) is 0. The number of carbonyl (C=O) groups excluding carboxylic acids is 1. The van der Waals surface area contributed by atoms with Crippen molar-refractivity contribution in [2.75, 3.05) is 13.1 Å². The van der Waals surface area contributed by atoms with Gasteiger partial charge in [0.2, 0.25) is 0 Å². The van der Waals surface area contributed by atoms with Crippen molar-refractivity contribution in [2.45, 2.75) is 33.2 Å². The number of piperidine rings is 1. The molecule has 1 N–H and O–H groups in total. The van der Waals surface area contributed by atoms with Gasteiger partial charge in [-0.25, -0.2) is 4.79 Å². The van der Waals surface area contributed by atoms with Gasteiger partial charge in [-0.1, -0.05) is 6.92 Å². The van der Waals surface area contributed by atoms with Gasteiger partial charge >= 0.3 is 6.03 Å². The summed E-state index contributed by atoms with van der Waals surface area (Å²) in [5, 5.41) is 2.98. The number of urea groups is 1. The maximum Gasteiger partial charge on any atom is 0.317 e. The number of pyridine rings is 1. The highest BCUT2D eigenvalue weighted by Crippen LogP contribution is 2.15. The Morgan fingerprint density at radius 1 is 1.50 bits per heavy atom. The SMILES string of the molecule is Cc1cnccc1CNC(=O)N1CCC(C)CC1. The molecule has 0 bridgehead atoms. The van der Waals surface area contributed by atoms with E-state index in [2.05, 4.69) is 17.2 Å². The van der Waals surface area contributed by atoms with E-state index in [1.54, 1.807) is 6.20 Å². The number of nitrogens with zero attached hydrogens (tertiary/aromatic N) is 2. The van der Waals surface area contributed by atoms with Crippen LogP contribution in [0.1, 0.15) is 30.9 Å². The van der Waals surface area contributed by atoms with E-state index in [-0.39, 0.29) is 6.03 Å². The molecular weight excluding hydrogens is 226 g/mol. The van der Waals surface area contributed by atoms with Crippen molar-refractivity contribution < 1.29 is 4.79 Å². The summed E-state index contributed by atoms with van der Waals surface area (Å²) in [5.41, 5.74) is 2.24. The van der Waals surface area contributed by atoms with Crippen LogP contribution in [0.2, 0.25) is 0 Å². The molecule has 0 saturated carbocycles. The van der Waals surface area contributed by atoms with Gasteiger partial charge in [-0.2, -0.15) is 0 Å². The Labute approximate surface area is 108 Å². The van der Waals surface area contributed by atoms with Gasteiger partial charge in [-0.15, -0.1) is 0 Å². The normalized spacial score (nSPS) is 16.7. The lowest BCUT2D eigenvalue weighted by atomic mass is 10.00. The Hall–Kier alpha value is -1.58. The van der Waals surface area contributed by atoms with Crippen LogP contribution in [0.5, 0.6) is 0 Å². The molecule has 0 unspecified atom stereocenters. The highest BCUT2D eigenvalue weighted by atomic mass is 16.2. The van der Waals surface area contributed by atoms with Gasteiger partial charge in [0.25, 0.3) is 0 Å². The predicted molar refractivity (Wildman–Crippen MR) is 71.2 cm³/mol. The van der Waals surface area contributed by atoms with Crippen LogP contribution in [-0.4, -0.2) is 29.0 Å². The van der Waals surface area contributed by atoms with E-state index in [0.29, 0.717) is 6.54 Å². The first-order chi connectivity index (χ1) is 8.66. The first kappa shape index (κ1) is 12.9. The molecule has 18 heavy (non-hydrogen) atoms. The Morgan fingerprint density at radius 3 is 2.89 bits per heavy atom. The van der Waals surface area contributed by atoms with Crippen molar-refractivity contribution in [3.63, 3.8) is 0 Å². The molecule has 1 saturated heterocycles. The van der Waals surface area contributed by atoms with Crippen molar-refractivity contribution in [3.05, 3.63) is 29.6 Å². The number of hydrogen-bond donors (Lipinski definition) is 1. The van der Waals surface area contributed by atoms with Gasteiger partial charge in [0.15, 0.2) is 0 Å². The standard InChI is InChI=1S/C14H21N3O/c1-11-4-7-17(8-5-11)14(18)16-10-13-3-6-15-9-12(13)2/h3,6,9,11H,4-5,7-8,10H2,1-2H3,(H,16,18). The molecule has 4 heteroatoms. The van der Waals surface area contributed by atoms with Gasteiger partial charge in [-0.3, -0.25) is 4.98 Å². The zero-order valence-electron chi connectivity index (χ0n) is 11.1. The second-order valence-corrected chi connectivity index (χ2v) is 5.13. The summed E-state index contributed by atoms with van der Waals surface area (Å²) in [5.74, 6) is 0.747. The van der Waals surface area contributed by atoms with Gasteiger partial charge in [0, 0.05) is 32.0 Å². The summed E-state index contributed by atoms with van der Waals surface area (Å²) < 4.78 is 0. The number of aromatic nitrogens is 1. The van der Waals surface area contributed by atoms with E-state index < -0.39 is 0 Å². The van der Waals surface area contributed by atoms with E-state index >= 15 is 0 Å². The Kier molecular flexibility index (Phi) is 4.18. The number of nitrogens with one attached hydrogen (secondary N) is 1. The minimum Gasteiger partial charge on any atom is -0.334 e. The molecule has 0 spiro atoms. The summed E-state index contributed by atoms with van der Waals surface area (Å²) in [6.07, 6.45) is 5.81. The summed E-state index contributed by atoms with van der Waals surface area (Å²) in [4.78, 5) is 17.9. The molecular formula is C14H21N3O. The lowest BCUT2D eigenvalue weighted by Gasteiger charge is -2.30. The Balaban J connectivity index is 1.83. The molecule has 4 nitrogen and oxygen atoms in total. The molecule has 2 heterocycles. The quantitative estimate of drug-likeness (QED) is 0.871. The number of aryl methyl sites for hydroxylation is 1. The van der Waals surface area contributed by atoms with Crippen LogP contribution >= 0.6 is 0 Å². The van der Waals surface area contributed by atoms with Crippen molar-refractivity contribution in [2.24, 2.45) is 5.92 Å². The predicted octanol–water partition coefficient (Wildman–Crippen LogP) is 2.33. The van der Waals surface area contributed by atoms with E-state index in [9.17, 15) is 4.79 Å². The molecule has 2 rings (SSSR count). The van der Waals surface area contributed by atoms with E-state index in [1.807, 2.05) is 24.1 Å². The summed E-state index contributed by atoms with van der Waals surface area (Å²) in [6.45, 7) is 6.59. The molecule has 98 valence electrons. The summed E-state index contributed by atoms with van der Waals surface area (Å²) in [6, 6.07) is 2.01. The molecule has 0 aromatic carbocycles. The average molecular weight is 247 g/mol. The maximum absolute atomic E-state index is 12.0. The lowest BCUT2D eigenvalue weighted by molar-refractivity contribution is 0.173. The number of carbonyl (C=O) groups is 1. The fraction of sp³-hybridized carbons (Fsp3) is 0.571. The summed E-state index contributed by atoms with van der Waals surface area (Å²) >= 11 is 0. The maximum atomic E-state index is 12.0. The number of amides is 2. The largest absolute Gasteiger partial charge is 0.334 e. The Bertz CT molecular complexity index is 411. The van der Waals surface area contributed by atoms with E-state index in [4.69, 9.17) is 0 Å². The van der Waals surface area contributed by atoms with Crippen LogP contribution < -0.4 is 5.32 Å². The fourth-order valence-electron chi connectivity index (χ4n) is 2.19. The van der Waals surface area contributed by atoms with Crippen LogP contribution in [0.3, 0.4) is 0 Å². The second kappa shape index (κ2) is 5.85. The molecule has 1 aliphatic rings. The minimum absolute atomic E-state index is 0.0538. The molecule has 0 radical (unpaired) electrons. The first-order valence-corrected chi connectivity index (χ1v) is 6.59. The molecule has 1 fully saturated rings. The van der Waals surface area contributed by atoms with E-state index in [0.717, 1.165) is 43.0 Å². The second-order valence-electron chi connectivity index (χ2n) is 5.13. The highest BCUT2D eigenvalue weighted by Gasteiger charge is 2.19. The lowest BCUT2D eigenvalue weighted by Crippen LogP contribution is -2.43. The van der Waals surface area contributed by atoms with Crippen molar-refractivity contribution in [1.29, 1.82) is 0 Å². The molecule has 0 aliphatic carbocycles.